The molecule has 3 N–H and O–H groups in total. The van der Waals surface area contributed by atoms with Crippen molar-refractivity contribution in [1.82, 2.24) is 10.5 Å². The first-order valence-electron chi connectivity index (χ1n) is 6.20. The predicted molar refractivity (Wildman–Crippen MR) is 64.9 cm³/mol. The summed E-state index contributed by atoms with van der Waals surface area (Å²) in [5.41, 5.74) is 5.98. The first kappa shape index (κ1) is 13.0. The smallest absolute Gasteiger partial charge is 0.273 e. The molecule has 1 aliphatic rings. The zero-order chi connectivity index (χ0) is 13.0. The van der Waals surface area contributed by atoms with Crippen molar-refractivity contribution in [1.29, 1.82) is 0 Å². The van der Waals surface area contributed by atoms with Crippen LogP contribution in [-0.4, -0.2) is 30.8 Å². The fourth-order valence-electron chi connectivity index (χ4n) is 2.38. The lowest BCUT2D eigenvalue weighted by Gasteiger charge is -2.18. The summed E-state index contributed by atoms with van der Waals surface area (Å²) in [6.45, 7) is 0.924. The lowest BCUT2D eigenvalue weighted by Crippen LogP contribution is -2.39. The number of nitrogens with two attached hydrogens (primary N) is 1. The minimum absolute atomic E-state index is 0.157. The summed E-state index contributed by atoms with van der Waals surface area (Å²) < 4.78 is 9.89. The van der Waals surface area contributed by atoms with E-state index < -0.39 is 0 Å². The molecule has 0 aromatic carbocycles. The number of carbonyl (C=O) groups excluding carboxylic acids is 1. The summed E-state index contributed by atoms with van der Waals surface area (Å²) in [5, 5.41) is 6.70. The maximum absolute atomic E-state index is 12.0. The molecule has 1 heterocycles. The second-order valence-corrected chi connectivity index (χ2v) is 4.62. The van der Waals surface area contributed by atoms with Gasteiger partial charge in [0.1, 0.15) is 6.61 Å². The highest BCUT2D eigenvalue weighted by Crippen LogP contribution is 2.24. The van der Waals surface area contributed by atoms with Crippen molar-refractivity contribution in [2.45, 2.75) is 31.9 Å². The average molecular weight is 253 g/mol. The highest BCUT2D eigenvalue weighted by atomic mass is 16.5. The third-order valence-electron chi connectivity index (χ3n) is 3.36. The third-order valence-corrected chi connectivity index (χ3v) is 3.36. The molecule has 0 bridgehead atoms. The molecule has 18 heavy (non-hydrogen) atoms. The minimum atomic E-state index is -0.202. The Kier molecular flexibility index (Phi) is 4.33. The van der Waals surface area contributed by atoms with Gasteiger partial charge in [-0.15, -0.1) is 0 Å². The second-order valence-electron chi connectivity index (χ2n) is 4.62. The summed E-state index contributed by atoms with van der Waals surface area (Å²) in [6.07, 6.45) is 3.17. The van der Waals surface area contributed by atoms with Gasteiger partial charge in [0.2, 0.25) is 0 Å². The molecule has 0 spiro atoms. The highest BCUT2D eigenvalue weighted by Gasteiger charge is 2.28. The van der Waals surface area contributed by atoms with Crippen LogP contribution in [0.25, 0.3) is 0 Å². The Hall–Kier alpha value is -1.40. The lowest BCUT2D eigenvalue weighted by molar-refractivity contribution is 0.0919. The minimum Gasteiger partial charge on any atom is -0.377 e. The zero-order valence-corrected chi connectivity index (χ0v) is 10.5. The number of hydrogen-bond donors (Lipinski definition) is 2. The molecule has 0 aliphatic heterocycles. The molecule has 2 rings (SSSR count). The van der Waals surface area contributed by atoms with Gasteiger partial charge in [-0.05, 0) is 25.3 Å². The molecule has 100 valence electrons. The average Bonchev–Trinajstić information content (AvgIpc) is 2.98. The fraction of sp³-hybridized carbons (Fsp3) is 0.667. The maximum Gasteiger partial charge on any atom is 0.273 e. The van der Waals surface area contributed by atoms with E-state index >= 15 is 0 Å². The molecule has 0 saturated heterocycles. The monoisotopic (exact) mass is 253 g/mol. The number of aromatic nitrogens is 1. The van der Waals surface area contributed by atoms with Crippen molar-refractivity contribution in [2.75, 3.05) is 13.7 Å². The number of rotatable bonds is 5. The van der Waals surface area contributed by atoms with Crippen LogP contribution in [0.15, 0.2) is 10.6 Å². The highest BCUT2D eigenvalue weighted by molar-refractivity contribution is 5.92. The molecular formula is C12H19N3O3. The quantitative estimate of drug-likeness (QED) is 0.805. The molecule has 1 fully saturated rings. The number of amides is 1. The van der Waals surface area contributed by atoms with Crippen LogP contribution in [0.2, 0.25) is 0 Å². The molecule has 1 aliphatic carbocycles. The van der Waals surface area contributed by atoms with Crippen LogP contribution in [0.1, 0.15) is 35.5 Å². The zero-order valence-electron chi connectivity index (χ0n) is 10.5. The van der Waals surface area contributed by atoms with Crippen molar-refractivity contribution in [3.8, 4) is 0 Å². The van der Waals surface area contributed by atoms with E-state index in [1.807, 2.05) is 0 Å². The molecule has 1 amide bonds. The van der Waals surface area contributed by atoms with E-state index in [1.54, 1.807) is 13.2 Å². The molecule has 1 aromatic heterocycles. The molecule has 6 nitrogen and oxygen atoms in total. The number of methoxy groups -OCH3 is 1. The molecule has 1 aromatic rings. The van der Waals surface area contributed by atoms with E-state index in [0.717, 1.165) is 19.3 Å². The van der Waals surface area contributed by atoms with Gasteiger partial charge < -0.3 is 20.3 Å². The van der Waals surface area contributed by atoms with Gasteiger partial charge in [-0.25, -0.2) is 0 Å². The Balaban J connectivity index is 1.94. The van der Waals surface area contributed by atoms with Crippen molar-refractivity contribution in [3.05, 3.63) is 17.5 Å². The second kappa shape index (κ2) is 5.97. The summed E-state index contributed by atoms with van der Waals surface area (Å²) in [6, 6.07) is 1.76. The molecular weight excluding hydrogens is 234 g/mol. The summed E-state index contributed by atoms with van der Waals surface area (Å²) in [4.78, 5) is 12.0. The number of hydrogen-bond acceptors (Lipinski definition) is 5. The van der Waals surface area contributed by atoms with Crippen molar-refractivity contribution in [2.24, 2.45) is 11.7 Å². The standard InChI is InChI=1S/C12H19N3O3/c1-17-7-9-5-11(15-18-9)12(16)14-10-4-2-3-8(10)6-13/h5,8,10H,2-4,6-7,13H2,1H3,(H,14,16). The van der Waals surface area contributed by atoms with Gasteiger partial charge in [0, 0.05) is 19.2 Å². The van der Waals surface area contributed by atoms with Crippen molar-refractivity contribution >= 4 is 5.91 Å². The van der Waals surface area contributed by atoms with Crippen LogP contribution in [0, 0.1) is 5.92 Å². The molecule has 2 unspecified atom stereocenters. The summed E-state index contributed by atoms with van der Waals surface area (Å²) in [7, 11) is 1.56. The lowest BCUT2D eigenvalue weighted by atomic mass is 10.0. The Morgan fingerprint density at radius 1 is 1.67 bits per heavy atom. The van der Waals surface area contributed by atoms with Crippen LogP contribution < -0.4 is 11.1 Å². The summed E-state index contributed by atoms with van der Waals surface area (Å²) in [5.74, 6) is 0.718. The van der Waals surface area contributed by atoms with E-state index in [1.165, 1.54) is 0 Å². The van der Waals surface area contributed by atoms with Crippen LogP contribution in [-0.2, 0) is 11.3 Å². The van der Waals surface area contributed by atoms with Crippen LogP contribution in [0.3, 0.4) is 0 Å². The predicted octanol–water partition coefficient (Wildman–Crippen LogP) is 0.678. The van der Waals surface area contributed by atoms with E-state index in [0.29, 0.717) is 30.5 Å². The normalized spacial score (nSPS) is 23.2. The van der Waals surface area contributed by atoms with Crippen LogP contribution in [0.4, 0.5) is 0 Å². The molecule has 6 heteroatoms. The number of nitrogens with zero attached hydrogens (tertiary/aromatic N) is 1. The van der Waals surface area contributed by atoms with Gasteiger partial charge >= 0.3 is 0 Å². The maximum atomic E-state index is 12.0. The summed E-state index contributed by atoms with van der Waals surface area (Å²) >= 11 is 0. The first-order valence-corrected chi connectivity index (χ1v) is 6.20. The van der Waals surface area contributed by atoms with Gasteiger partial charge in [-0.3, -0.25) is 4.79 Å². The van der Waals surface area contributed by atoms with E-state index in [-0.39, 0.29) is 11.9 Å². The van der Waals surface area contributed by atoms with Gasteiger partial charge in [-0.2, -0.15) is 0 Å². The Morgan fingerprint density at radius 3 is 3.22 bits per heavy atom. The number of carbonyl (C=O) groups is 1. The van der Waals surface area contributed by atoms with Gasteiger partial charge in [0.15, 0.2) is 11.5 Å². The van der Waals surface area contributed by atoms with Crippen LogP contribution >= 0.6 is 0 Å². The fourth-order valence-corrected chi connectivity index (χ4v) is 2.38. The van der Waals surface area contributed by atoms with Gasteiger partial charge in [-0.1, -0.05) is 11.6 Å². The number of nitrogens with one attached hydrogen (secondary N) is 1. The third kappa shape index (κ3) is 2.88. The molecule has 2 atom stereocenters. The van der Waals surface area contributed by atoms with Crippen LogP contribution in [0.5, 0.6) is 0 Å². The molecule has 0 radical (unpaired) electrons. The van der Waals surface area contributed by atoms with Gasteiger partial charge in [0.25, 0.3) is 5.91 Å². The van der Waals surface area contributed by atoms with E-state index in [4.69, 9.17) is 15.0 Å². The van der Waals surface area contributed by atoms with E-state index in [9.17, 15) is 4.79 Å². The molecule has 1 saturated carbocycles. The Bertz CT molecular complexity index is 405. The SMILES string of the molecule is COCc1cc(C(=O)NC2CCCC2CN)no1. The Morgan fingerprint density at radius 2 is 2.50 bits per heavy atom. The topological polar surface area (TPSA) is 90.4 Å². The van der Waals surface area contributed by atoms with Crippen molar-refractivity contribution < 1.29 is 14.1 Å². The first-order chi connectivity index (χ1) is 8.74. The van der Waals surface area contributed by atoms with Crippen molar-refractivity contribution in [3.63, 3.8) is 0 Å². The Labute approximate surface area is 106 Å². The van der Waals surface area contributed by atoms with Gasteiger partial charge in [0.05, 0.1) is 0 Å². The van der Waals surface area contributed by atoms with E-state index in [2.05, 4.69) is 10.5 Å². The largest absolute Gasteiger partial charge is 0.377 e. The number of ether oxygens (including phenoxy) is 1.